The normalized spacial score (nSPS) is 12.0. The Labute approximate surface area is 112 Å². The van der Waals surface area contributed by atoms with Gasteiger partial charge in [0.2, 0.25) is 0 Å². The number of halogens is 1. The van der Waals surface area contributed by atoms with Crippen molar-refractivity contribution >= 4 is 17.5 Å². The molecule has 4 nitrogen and oxygen atoms in total. The largest absolute Gasteiger partial charge is 0.479 e. The van der Waals surface area contributed by atoms with Crippen molar-refractivity contribution in [3.63, 3.8) is 0 Å². The lowest BCUT2D eigenvalue weighted by Crippen LogP contribution is -2.36. The van der Waals surface area contributed by atoms with E-state index in [2.05, 4.69) is 5.32 Å². The molecule has 1 unspecified atom stereocenters. The van der Waals surface area contributed by atoms with E-state index in [0.717, 1.165) is 5.56 Å². The fourth-order valence-electron chi connectivity index (χ4n) is 1.59. The summed E-state index contributed by atoms with van der Waals surface area (Å²) >= 11 is 6.09. The monoisotopic (exact) mass is 270 g/mol. The molecule has 0 fully saturated rings. The highest BCUT2D eigenvalue weighted by Gasteiger charge is 2.17. The van der Waals surface area contributed by atoms with Gasteiger partial charge in [-0.2, -0.15) is 0 Å². The number of para-hydroxylation sites is 1. The first-order valence-corrected chi connectivity index (χ1v) is 6.39. The van der Waals surface area contributed by atoms with Gasteiger partial charge in [-0.1, -0.05) is 23.7 Å². The van der Waals surface area contributed by atoms with Gasteiger partial charge in [-0.15, -0.1) is 0 Å². The highest BCUT2D eigenvalue weighted by molar-refractivity contribution is 6.32. The summed E-state index contributed by atoms with van der Waals surface area (Å²) in [6, 6.07) is 5.48. The molecule has 1 atom stereocenters. The predicted molar refractivity (Wildman–Crippen MR) is 73.0 cm³/mol. The van der Waals surface area contributed by atoms with Crippen molar-refractivity contribution in [2.24, 2.45) is 5.73 Å². The number of carbonyl (C=O) groups excluding carboxylic acids is 1. The Morgan fingerprint density at radius 1 is 1.56 bits per heavy atom. The summed E-state index contributed by atoms with van der Waals surface area (Å²) in [7, 11) is 0. The molecule has 3 N–H and O–H groups in total. The maximum absolute atomic E-state index is 11.6. The predicted octanol–water partition coefficient (Wildman–Crippen LogP) is 1.74. The van der Waals surface area contributed by atoms with E-state index in [9.17, 15) is 4.79 Å². The van der Waals surface area contributed by atoms with Gasteiger partial charge in [0, 0.05) is 6.54 Å². The van der Waals surface area contributed by atoms with Gasteiger partial charge < -0.3 is 15.8 Å². The van der Waals surface area contributed by atoms with E-state index in [4.69, 9.17) is 22.1 Å². The van der Waals surface area contributed by atoms with Crippen LogP contribution in [0.1, 0.15) is 19.4 Å². The lowest BCUT2D eigenvalue weighted by atomic mass is 10.1. The minimum absolute atomic E-state index is 0.156. The van der Waals surface area contributed by atoms with Gasteiger partial charge in [-0.05, 0) is 38.4 Å². The van der Waals surface area contributed by atoms with Gasteiger partial charge in [0.05, 0.1) is 5.02 Å². The number of nitrogens with two attached hydrogens (primary N) is 1. The minimum atomic E-state index is -0.582. The SMILES string of the molecule is CCNC(=O)C(C)Oc1c(Cl)cccc1CCN. The van der Waals surface area contributed by atoms with Gasteiger partial charge in [0.1, 0.15) is 5.75 Å². The van der Waals surface area contributed by atoms with E-state index >= 15 is 0 Å². The summed E-state index contributed by atoms with van der Waals surface area (Å²) in [6.07, 6.45) is 0.0826. The van der Waals surface area contributed by atoms with Crippen LogP contribution in [0.4, 0.5) is 0 Å². The molecule has 0 radical (unpaired) electrons. The molecule has 0 spiro atoms. The molecule has 1 aromatic carbocycles. The van der Waals surface area contributed by atoms with Crippen molar-refractivity contribution in [1.82, 2.24) is 5.32 Å². The van der Waals surface area contributed by atoms with Crippen LogP contribution in [0.15, 0.2) is 18.2 Å². The van der Waals surface area contributed by atoms with Gasteiger partial charge in [0.15, 0.2) is 6.10 Å². The third-order valence-electron chi connectivity index (χ3n) is 2.48. The summed E-state index contributed by atoms with van der Waals surface area (Å²) in [5, 5.41) is 3.20. The average Bonchev–Trinajstić information content (AvgIpc) is 2.34. The Kier molecular flexibility index (Phi) is 5.95. The molecule has 5 heteroatoms. The highest BCUT2D eigenvalue weighted by Crippen LogP contribution is 2.29. The Hall–Kier alpha value is -1.26. The molecule has 0 heterocycles. The zero-order valence-corrected chi connectivity index (χ0v) is 11.5. The zero-order valence-electron chi connectivity index (χ0n) is 10.7. The minimum Gasteiger partial charge on any atom is -0.479 e. The molecule has 0 aliphatic heterocycles. The second-order valence-corrected chi connectivity index (χ2v) is 4.33. The maximum atomic E-state index is 11.6. The van der Waals surface area contributed by atoms with Crippen molar-refractivity contribution in [1.29, 1.82) is 0 Å². The van der Waals surface area contributed by atoms with Crippen LogP contribution in [-0.4, -0.2) is 25.1 Å². The molecule has 1 rings (SSSR count). The fourth-order valence-corrected chi connectivity index (χ4v) is 1.82. The Balaban J connectivity index is 2.85. The molecular formula is C13H19ClN2O2. The number of ether oxygens (including phenoxy) is 1. The number of hydrogen-bond donors (Lipinski definition) is 2. The van der Waals surface area contributed by atoms with E-state index in [1.54, 1.807) is 13.0 Å². The zero-order chi connectivity index (χ0) is 13.5. The molecule has 18 heavy (non-hydrogen) atoms. The third-order valence-corrected chi connectivity index (χ3v) is 2.77. The van der Waals surface area contributed by atoms with E-state index in [0.29, 0.717) is 30.3 Å². The summed E-state index contributed by atoms with van der Waals surface area (Å²) in [5.74, 6) is 0.388. The van der Waals surface area contributed by atoms with Crippen LogP contribution in [0.25, 0.3) is 0 Å². The van der Waals surface area contributed by atoms with Crippen LogP contribution in [0, 0.1) is 0 Å². The van der Waals surface area contributed by atoms with Crippen LogP contribution in [0.2, 0.25) is 5.02 Å². The number of benzene rings is 1. The standard InChI is InChI=1S/C13H19ClN2O2/c1-3-16-13(17)9(2)18-12-10(7-8-15)5-4-6-11(12)14/h4-6,9H,3,7-8,15H2,1-2H3,(H,16,17). The number of amides is 1. The van der Waals surface area contributed by atoms with Crippen LogP contribution in [0.3, 0.4) is 0 Å². The van der Waals surface area contributed by atoms with E-state index in [1.165, 1.54) is 0 Å². The quantitative estimate of drug-likeness (QED) is 0.828. The average molecular weight is 271 g/mol. The lowest BCUT2D eigenvalue weighted by Gasteiger charge is -2.17. The number of nitrogens with one attached hydrogen (secondary N) is 1. The number of rotatable bonds is 6. The first-order chi connectivity index (χ1) is 8.60. The van der Waals surface area contributed by atoms with Gasteiger partial charge in [-0.3, -0.25) is 4.79 Å². The molecule has 0 aromatic heterocycles. The summed E-state index contributed by atoms with van der Waals surface area (Å²) < 4.78 is 5.64. The number of hydrogen-bond acceptors (Lipinski definition) is 3. The molecule has 0 aliphatic rings. The Bertz CT molecular complexity index is 410. The second kappa shape index (κ2) is 7.24. The third kappa shape index (κ3) is 3.89. The van der Waals surface area contributed by atoms with E-state index in [1.807, 2.05) is 19.1 Å². The van der Waals surface area contributed by atoms with Crippen molar-refractivity contribution < 1.29 is 9.53 Å². The topological polar surface area (TPSA) is 64.3 Å². The van der Waals surface area contributed by atoms with Crippen LogP contribution in [-0.2, 0) is 11.2 Å². The Morgan fingerprint density at radius 2 is 2.28 bits per heavy atom. The van der Waals surface area contributed by atoms with Crippen molar-refractivity contribution in [3.05, 3.63) is 28.8 Å². The van der Waals surface area contributed by atoms with Crippen molar-refractivity contribution in [2.75, 3.05) is 13.1 Å². The van der Waals surface area contributed by atoms with Crippen molar-refractivity contribution in [3.8, 4) is 5.75 Å². The molecular weight excluding hydrogens is 252 g/mol. The molecule has 0 bridgehead atoms. The van der Waals surface area contributed by atoms with E-state index in [-0.39, 0.29) is 5.91 Å². The fraction of sp³-hybridized carbons (Fsp3) is 0.462. The summed E-state index contributed by atoms with van der Waals surface area (Å²) in [4.78, 5) is 11.6. The number of carbonyl (C=O) groups is 1. The number of likely N-dealkylation sites (N-methyl/N-ethyl adjacent to an activating group) is 1. The first-order valence-electron chi connectivity index (χ1n) is 6.02. The molecule has 0 aliphatic carbocycles. The molecule has 0 saturated heterocycles. The maximum Gasteiger partial charge on any atom is 0.260 e. The molecule has 1 amide bonds. The summed E-state index contributed by atoms with van der Waals surface area (Å²) in [6.45, 7) is 4.64. The van der Waals surface area contributed by atoms with Crippen LogP contribution in [0.5, 0.6) is 5.75 Å². The first kappa shape index (κ1) is 14.8. The van der Waals surface area contributed by atoms with Gasteiger partial charge >= 0.3 is 0 Å². The highest BCUT2D eigenvalue weighted by atomic mass is 35.5. The Morgan fingerprint density at radius 3 is 2.89 bits per heavy atom. The van der Waals surface area contributed by atoms with Gasteiger partial charge in [0.25, 0.3) is 5.91 Å². The van der Waals surface area contributed by atoms with Crippen LogP contribution >= 0.6 is 11.6 Å². The second-order valence-electron chi connectivity index (χ2n) is 3.92. The smallest absolute Gasteiger partial charge is 0.260 e. The molecule has 0 saturated carbocycles. The van der Waals surface area contributed by atoms with Crippen LogP contribution < -0.4 is 15.8 Å². The van der Waals surface area contributed by atoms with E-state index < -0.39 is 6.10 Å². The van der Waals surface area contributed by atoms with Crippen molar-refractivity contribution in [2.45, 2.75) is 26.4 Å². The van der Waals surface area contributed by atoms with Gasteiger partial charge in [-0.25, -0.2) is 0 Å². The molecule has 1 aromatic rings. The molecule has 100 valence electrons. The lowest BCUT2D eigenvalue weighted by molar-refractivity contribution is -0.127. The summed E-state index contributed by atoms with van der Waals surface area (Å²) in [5.41, 5.74) is 6.46.